The molecule has 1 aromatic carbocycles. The van der Waals surface area contributed by atoms with Crippen LogP contribution in [-0.4, -0.2) is 18.7 Å². The quantitative estimate of drug-likeness (QED) is 0.768. The molecule has 0 radical (unpaired) electrons. The molecular formula is C16H19NO2. The van der Waals surface area contributed by atoms with E-state index in [0.29, 0.717) is 13.0 Å². The van der Waals surface area contributed by atoms with Crippen molar-refractivity contribution in [1.29, 1.82) is 0 Å². The molecule has 0 N–H and O–H groups in total. The second-order valence-electron chi connectivity index (χ2n) is 4.58. The molecule has 0 bridgehead atoms. The fraction of sp³-hybridized carbons (Fsp3) is 0.312. The van der Waals surface area contributed by atoms with Crippen LogP contribution in [0.3, 0.4) is 0 Å². The number of aryl methyl sites for hydroxylation is 1. The van der Waals surface area contributed by atoms with E-state index in [2.05, 4.69) is 18.7 Å². The minimum atomic E-state index is -0.302. The normalized spacial score (nSPS) is 16.9. The monoisotopic (exact) mass is 257 g/mol. The smallest absolute Gasteiger partial charge is 0.414 e. The maximum Gasteiger partial charge on any atom is 0.414 e. The van der Waals surface area contributed by atoms with Gasteiger partial charge in [-0.3, -0.25) is 4.90 Å². The van der Waals surface area contributed by atoms with Crippen LogP contribution in [0, 0.1) is 6.92 Å². The number of carbonyl (C=O) groups is 1. The van der Waals surface area contributed by atoms with E-state index in [9.17, 15) is 4.79 Å². The van der Waals surface area contributed by atoms with Gasteiger partial charge in [-0.15, -0.1) is 6.58 Å². The Bertz CT molecular complexity index is 519. The van der Waals surface area contributed by atoms with Crippen molar-refractivity contribution < 1.29 is 9.53 Å². The first kappa shape index (κ1) is 13.4. The molecule has 1 aromatic rings. The summed E-state index contributed by atoms with van der Waals surface area (Å²) in [5, 5.41) is 0. The number of hydrogen-bond acceptors (Lipinski definition) is 2. The second-order valence-corrected chi connectivity index (χ2v) is 4.58. The maximum absolute atomic E-state index is 12.2. The Morgan fingerprint density at radius 2 is 2.32 bits per heavy atom. The van der Waals surface area contributed by atoms with Gasteiger partial charge in [-0.2, -0.15) is 0 Å². The highest BCUT2D eigenvalue weighted by Gasteiger charge is 2.28. The Kier molecular flexibility index (Phi) is 4.05. The Hall–Kier alpha value is -2.03. The molecule has 100 valence electrons. The number of benzene rings is 1. The van der Waals surface area contributed by atoms with Gasteiger partial charge in [0, 0.05) is 0 Å². The molecule has 0 saturated heterocycles. The Morgan fingerprint density at radius 3 is 3.00 bits per heavy atom. The summed E-state index contributed by atoms with van der Waals surface area (Å²) in [6.07, 6.45) is 6.32. The second kappa shape index (κ2) is 5.74. The Labute approximate surface area is 114 Å². The third kappa shape index (κ3) is 2.70. The number of amides is 1. The third-order valence-electron chi connectivity index (χ3n) is 3.14. The number of hydrogen-bond donors (Lipinski definition) is 0. The average molecular weight is 257 g/mol. The van der Waals surface area contributed by atoms with Crippen molar-refractivity contribution in [2.24, 2.45) is 0 Å². The summed E-state index contributed by atoms with van der Waals surface area (Å²) in [5.74, 6) is 0. The zero-order valence-electron chi connectivity index (χ0n) is 11.4. The average Bonchev–Trinajstić information content (AvgIpc) is 2.39. The van der Waals surface area contributed by atoms with E-state index < -0.39 is 0 Å². The predicted octanol–water partition coefficient (Wildman–Crippen LogP) is 3.93. The number of anilines is 1. The predicted molar refractivity (Wildman–Crippen MR) is 78.3 cm³/mol. The molecule has 1 aliphatic heterocycles. The molecule has 0 fully saturated rings. The summed E-state index contributed by atoms with van der Waals surface area (Å²) in [4.78, 5) is 13.9. The minimum Gasteiger partial charge on any atom is -0.449 e. The van der Waals surface area contributed by atoms with E-state index in [1.165, 1.54) is 5.56 Å². The highest BCUT2D eigenvalue weighted by atomic mass is 16.6. The number of nitrogens with zero attached hydrogens (tertiary/aromatic N) is 1. The number of ether oxygens (including phenoxy) is 1. The number of fused-ring (bicyclic) bond motifs is 1. The van der Waals surface area contributed by atoms with Crippen LogP contribution in [0.4, 0.5) is 10.5 Å². The molecule has 0 saturated carbocycles. The van der Waals surface area contributed by atoms with Gasteiger partial charge in [0.25, 0.3) is 0 Å². The molecule has 0 aliphatic carbocycles. The summed E-state index contributed by atoms with van der Waals surface area (Å²) in [7, 11) is 0. The molecule has 1 aliphatic rings. The van der Waals surface area contributed by atoms with Crippen molar-refractivity contribution in [3.63, 3.8) is 0 Å². The van der Waals surface area contributed by atoms with Crippen molar-refractivity contribution in [1.82, 2.24) is 0 Å². The summed E-state index contributed by atoms with van der Waals surface area (Å²) < 4.78 is 5.16. The molecule has 3 heteroatoms. The van der Waals surface area contributed by atoms with Crippen molar-refractivity contribution in [2.45, 2.75) is 26.3 Å². The summed E-state index contributed by atoms with van der Waals surface area (Å²) in [5.41, 5.74) is 3.13. The zero-order chi connectivity index (χ0) is 13.8. The lowest BCUT2D eigenvalue weighted by molar-refractivity contribution is 0.158. The Balaban J connectivity index is 2.41. The van der Waals surface area contributed by atoms with Crippen molar-refractivity contribution in [2.75, 3.05) is 11.5 Å². The fourth-order valence-corrected chi connectivity index (χ4v) is 2.29. The van der Waals surface area contributed by atoms with E-state index in [1.807, 2.05) is 38.1 Å². The molecular weight excluding hydrogens is 238 g/mol. The molecule has 1 heterocycles. The fourth-order valence-electron chi connectivity index (χ4n) is 2.29. The van der Waals surface area contributed by atoms with Gasteiger partial charge in [0.05, 0.1) is 18.3 Å². The summed E-state index contributed by atoms with van der Waals surface area (Å²) in [6, 6.07) is 6.03. The first-order chi connectivity index (χ1) is 9.17. The summed E-state index contributed by atoms with van der Waals surface area (Å²) in [6.45, 7) is 7.98. The molecule has 19 heavy (non-hydrogen) atoms. The van der Waals surface area contributed by atoms with Gasteiger partial charge in [0.2, 0.25) is 0 Å². The Morgan fingerprint density at radius 1 is 1.53 bits per heavy atom. The molecule has 0 spiro atoms. The van der Waals surface area contributed by atoms with E-state index in [1.54, 1.807) is 4.90 Å². The zero-order valence-corrected chi connectivity index (χ0v) is 11.4. The lowest BCUT2D eigenvalue weighted by atomic mass is 10.00. The van der Waals surface area contributed by atoms with Gasteiger partial charge in [-0.25, -0.2) is 4.79 Å². The number of carbonyl (C=O) groups excluding carboxylic acids is 1. The van der Waals surface area contributed by atoms with Gasteiger partial charge in [-0.1, -0.05) is 29.9 Å². The van der Waals surface area contributed by atoms with Gasteiger partial charge < -0.3 is 4.74 Å². The minimum absolute atomic E-state index is 0.0215. The van der Waals surface area contributed by atoms with Crippen molar-refractivity contribution in [3.8, 4) is 0 Å². The van der Waals surface area contributed by atoms with Crippen molar-refractivity contribution >= 4 is 17.9 Å². The standard InChI is InChI=1S/C16H19NO2/c1-4-6-14-9-8-13-11-12(3)7-10-15(13)17(14)16(18)19-5-2/h4,7-11,14H,1,5-6H2,2-3H3. The number of rotatable bonds is 3. The molecule has 1 unspecified atom stereocenters. The van der Waals surface area contributed by atoms with E-state index in [4.69, 9.17) is 4.74 Å². The van der Waals surface area contributed by atoms with Crippen LogP contribution < -0.4 is 4.90 Å². The van der Waals surface area contributed by atoms with Crippen LogP contribution in [0.15, 0.2) is 36.9 Å². The lowest BCUT2D eigenvalue weighted by Crippen LogP contribution is -2.41. The first-order valence-electron chi connectivity index (χ1n) is 6.53. The van der Waals surface area contributed by atoms with E-state index in [0.717, 1.165) is 11.3 Å². The topological polar surface area (TPSA) is 29.5 Å². The first-order valence-corrected chi connectivity index (χ1v) is 6.53. The third-order valence-corrected chi connectivity index (χ3v) is 3.14. The maximum atomic E-state index is 12.2. The van der Waals surface area contributed by atoms with Gasteiger partial charge in [-0.05, 0) is 38.0 Å². The van der Waals surface area contributed by atoms with Crippen LogP contribution >= 0.6 is 0 Å². The van der Waals surface area contributed by atoms with E-state index >= 15 is 0 Å². The summed E-state index contributed by atoms with van der Waals surface area (Å²) >= 11 is 0. The highest BCUT2D eigenvalue weighted by Crippen LogP contribution is 2.31. The molecule has 0 aromatic heterocycles. The molecule has 1 atom stereocenters. The van der Waals surface area contributed by atoms with Crippen LogP contribution in [0.1, 0.15) is 24.5 Å². The van der Waals surface area contributed by atoms with Gasteiger partial charge in [0.15, 0.2) is 0 Å². The highest BCUT2D eigenvalue weighted by molar-refractivity contribution is 5.93. The van der Waals surface area contributed by atoms with Crippen LogP contribution in [-0.2, 0) is 4.74 Å². The van der Waals surface area contributed by atoms with Crippen LogP contribution in [0.25, 0.3) is 6.08 Å². The van der Waals surface area contributed by atoms with Crippen LogP contribution in [0.5, 0.6) is 0 Å². The lowest BCUT2D eigenvalue weighted by Gasteiger charge is -2.32. The van der Waals surface area contributed by atoms with Crippen molar-refractivity contribution in [3.05, 3.63) is 48.1 Å². The van der Waals surface area contributed by atoms with Gasteiger partial charge in [0.1, 0.15) is 0 Å². The van der Waals surface area contributed by atoms with E-state index in [-0.39, 0.29) is 12.1 Å². The molecule has 2 rings (SSSR count). The largest absolute Gasteiger partial charge is 0.449 e. The SMILES string of the molecule is C=CCC1C=Cc2cc(C)ccc2N1C(=O)OCC. The van der Waals surface area contributed by atoms with Gasteiger partial charge >= 0.3 is 6.09 Å². The molecule has 1 amide bonds. The van der Waals surface area contributed by atoms with Crippen LogP contribution in [0.2, 0.25) is 0 Å². The molecule has 3 nitrogen and oxygen atoms in total.